The SMILES string of the molecule is O=c1c2ccccc2nc(C2CCCN2c2ccc(C3CC3)nn2)n1CCO. The third-order valence-corrected chi connectivity index (χ3v) is 5.73. The molecule has 0 radical (unpaired) electrons. The van der Waals surface area contributed by atoms with Crippen LogP contribution in [0.3, 0.4) is 0 Å². The molecule has 7 heteroatoms. The van der Waals surface area contributed by atoms with E-state index in [-0.39, 0.29) is 24.8 Å². The molecule has 144 valence electrons. The lowest BCUT2D eigenvalue weighted by atomic mass is 10.1. The monoisotopic (exact) mass is 377 g/mol. The molecule has 3 aromatic rings. The molecular formula is C21H23N5O2. The number of nitrogens with zero attached hydrogens (tertiary/aromatic N) is 5. The van der Waals surface area contributed by atoms with E-state index in [1.165, 1.54) is 12.8 Å². The molecule has 0 bridgehead atoms. The molecule has 1 saturated heterocycles. The molecule has 1 N–H and O–H groups in total. The maximum absolute atomic E-state index is 13.0. The van der Waals surface area contributed by atoms with Crippen molar-refractivity contribution in [3.63, 3.8) is 0 Å². The van der Waals surface area contributed by atoms with Crippen molar-refractivity contribution in [1.82, 2.24) is 19.7 Å². The van der Waals surface area contributed by atoms with Crippen molar-refractivity contribution in [2.45, 2.75) is 44.2 Å². The third kappa shape index (κ3) is 2.96. The first-order valence-corrected chi connectivity index (χ1v) is 9.97. The second-order valence-electron chi connectivity index (χ2n) is 7.61. The quantitative estimate of drug-likeness (QED) is 0.735. The summed E-state index contributed by atoms with van der Waals surface area (Å²) in [4.78, 5) is 20.0. The maximum Gasteiger partial charge on any atom is 0.261 e. The molecule has 2 aromatic heterocycles. The number of aliphatic hydroxyl groups excluding tert-OH is 1. The van der Waals surface area contributed by atoms with E-state index in [2.05, 4.69) is 21.2 Å². The zero-order valence-electron chi connectivity index (χ0n) is 15.7. The topological polar surface area (TPSA) is 84.1 Å². The fourth-order valence-corrected chi connectivity index (χ4v) is 4.15. The molecule has 1 atom stereocenters. The molecule has 1 aromatic carbocycles. The Morgan fingerprint density at radius 1 is 1.07 bits per heavy atom. The number of aromatic nitrogens is 4. The number of rotatable bonds is 5. The Labute approximate surface area is 162 Å². The van der Waals surface area contributed by atoms with E-state index in [1.807, 2.05) is 24.3 Å². The summed E-state index contributed by atoms with van der Waals surface area (Å²) < 4.78 is 1.62. The van der Waals surface area contributed by atoms with Gasteiger partial charge in [0.05, 0.1) is 35.8 Å². The molecule has 28 heavy (non-hydrogen) atoms. The van der Waals surface area contributed by atoms with E-state index in [1.54, 1.807) is 10.6 Å². The zero-order valence-corrected chi connectivity index (χ0v) is 15.7. The van der Waals surface area contributed by atoms with Crippen molar-refractivity contribution >= 4 is 16.7 Å². The van der Waals surface area contributed by atoms with Crippen LogP contribution in [0.25, 0.3) is 10.9 Å². The minimum Gasteiger partial charge on any atom is -0.395 e. The third-order valence-electron chi connectivity index (χ3n) is 5.73. The van der Waals surface area contributed by atoms with Crippen LogP contribution in [0.5, 0.6) is 0 Å². The van der Waals surface area contributed by atoms with E-state index in [4.69, 9.17) is 4.98 Å². The molecule has 1 aliphatic heterocycles. The van der Waals surface area contributed by atoms with Crippen LogP contribution in [0, 0.1) is 0 Å². The summed E-state index contributed by atoms with van der Waals surface area (Å²) in [6.07, 6.45) is 4.30. The first kappa shape index (κ1) is 17.3. The lowest BCUT2D eigenvalue weighted by Crippen LogP contribution is -2.33. The maximum atomic E-state index is 13.0. The molecule has 5 rings (SSSR count). The van der Waals surface area contributed by atoms with Crippen LogP contribution in [0.4, 0.5) is 5.82 Å². The van der Waals surface area contributed by atoms with Crippen molar-refractivity contribution in [2.24, 2.45) is 0 Å². The summed E-state index contributed by atoms with van der Waals surface area (Å²) in [5.74, 6) is 2.10. The number of benzene rings is 1. The van der Waals surface area contributed by atoms with Gasteiger partial charge in [-0.1, -0.05) is 12.1 Å². The molecule has 7 nitrogen and oxygen atoms in total. The predicted octanol–water partition coefficient (Wildman–Crippen LogP) is 2.40. The summed E-state index contributed by atoms with van der Waals surface area (Å²) >= 11 is 0. The van der Waals surface area contributed by atoms with Crippen LogP contribution < -0.4 is 10.5 Å². The average Bonchev–Trinajstić information content (AvgIpc) is 3.47. The van der Waals surface area contributed by atoms with Gasteiger partial charge in [-0.25, -0.2) is 4.98 Å². The van der Waals surface area contributed by atoms with Crippen molar-refractivity contribution < 1.29 is 5.11 Å². The molecule has 1 aliphatic carbocycles. The fourth-order valence-electron chi connectivity index (χ4n) is 4.15. The number of para-hydroxylation sites is 1. The highest BCUT2D eigenvalue weighted by molar-refractivity contribution is 5.77. The Balaban J connectivity index is 1.57. The van der Waals surface area contributed by atoms with Crippen LogP contribution in [0.15, 0.2) is 41.2 Å². The second-order valence-corrected chi connectivity index (χ2v) is 7.61. The van der Waals surface area contributed by atoms with E-state index in [9.17, 15) is 9.90 Å². The number of fused-ring (bicyclic) bond motifs is 1. The summed E-state index contributed by atoms with van der Waals surface area (Å²) in [5.41, 5.74) is 1.66. The largest absolute Gasteiger partial charge is 0.395 e. The van der Waals surface area contributed by atoms with Crippen LogP contribution >= 0.6 is 0 Å². The Kier molecular flexibility index (Phi) is 4.31. The Morgan fingerprint density at radius 3 is 2.68 bits per heavy atom. The van der Waals surface area contributed by atoms with Gasteiger partial charge in [-0.15, -0.1) is 5.10 Å². The van der Waals surface area contributed by atoms with Gasteiger partial charge in [-0.2, -0.15) is 5.10 Å². The zero-order chi connectivity index (χ0) is 19.1. The highest BCUT2D eigenvalue weighted by atomic mass is 16.3. The van der Waals surface area contributed by atoms with Gasteiger partial charge in [0.15, 0.2) is 5.82 Å². The summed E-state index contributed by atoms with van der Waals surface area (Å²) in [6, 6.07) is 11.4. The lowest BCUT2D eigenvalue weighted by molar-refractivity contribution is 0.270. The van der Waals surface area contributed by atoms with Gasteiger partial charge in [0.2, 0.25) is 0 Å². The van der Waals surface area contributed by atoms with Gasteiger partial charge < -0.3 is 10.0 Å². The number of hydrogen-bond donors (Lipinski definition) is 1. The first-order valence-electron chi connectivity index (χ1n) is 9.97. The van der Waals surface area contributed by atoms with Crippen LogP contribution in [0.1, 0.15) is 49.2 Å². The Morgan fingerprint density at radius 2 is 1.93 bits per heavy atom. The average molecular weight is 377 g/mol. The molecule has 1 unspecified atom stereocenters. The second kappa shape index (κ2) is 6.98. The molecular weight excluding hydrogens is 354 g/mol. The van der Waals surface area contributed by atoms with Gasteiger partial charge in [0, 0.05) is 12.5 Å². The molecule has 2 aliphatic rings. The van der Waals surface area contributed by atoms with E-state index in [0.29, 0.717) is 22.6 Å². The van der Waals surface area contributed by atoms with E-state index < -0.39 is 0 Å². The predicted molar refractivity (Wildman–Crippen MR) is 106 cm³/mol. The molecule has 3 heterocycles. The Hall–Kier alpha value is -2.80. The van der Waals surface area contributed by atoms with Gasteiger partial charge >= 0.3 is 0 Å². The van der Waals surface area contributed by atoms with Crippen molar-refractivity contribution in [1.29, 1.82) is 0 Å². The summed E-state index contributed by atoms with van der Waals surface area (Å²) in [7, 11) is 0. The fraction of sp³-hybridized carbons (Fsp3) is 0.429. The Bertz CT molecular complexity index is 1060. The number of aliphatic hydroxyl groups is 1. The summed E-state index contributed by atoms with van der Waals surface area (Å²) in [5, 5.41) is 19.0. The highest BCUT2D eigenvalue weighted by Gasteiger charge is 2.32. The van der Waals surface area contributed by atoms with Gasteiger partial charge in [-0.3, -0.25) is 9.36 Å². The van der Waals surface area contributed by atoms with Gasteiger partial charge in [0.1, 0.15) is 5.82 Å². The van der Waals surface area contributed by atoms with Gasteiger partial charge in [-0.05, 0) is 49.9 Å². The van der Waals surface area contributed by atoms with Crippen LogP contribution in [0.2, 0.25) is 0 Å². The molecule has 2 fully saturated rings. The van der Waals surface area contributed by atoms with Gasteiger partial charge in [0.25, 0.3) is 5.56 Å². The highest BCUT2D eigenvalue weighted by Crippen LogP contribution is 2.39. The minimum absolute atomic E-state index is 0.0510. The van der Waals surface area contributed by atoms with Crippen molar-refractivity contribution in [2.75, 3.05) is 18.1 Å². The number of hydrogen-bond acceptors (Lipinski definition) is 6. The van der Waals surface area contributed by atoms with Crippen LogP contribution in [-0.2, 0) is 6.54 Å². The summed E-state index contributed by atoms with van der Waals surface area (Å²) in [6.45, 7) is 0.988. The smallest absolute Gasteiger partial charge is 0.261 e. The van der Waals surface area contributed by atoms with E-state index in [0.717, 1.165) is 30.9 Å². The number of anilines is 1. The van der Waals surface area contributed by atoms with Crippen molar-refractivity contribution in [3.8, 4) is 0 Å². The molecule has 0 amide bonds. The first-order chi connectivity index (χ1) is 13.8. The molecule has 1 saturated carbocycles. The molecule has 0 spiro atoms. The standard InChI is InChI=1S/C21H23N5O2/c27-13-12-26-20(22-17-5-2-1-4-15(17)21(26)28)18-6-3-11-25(18)19-10-9-16(23-24-19)14-7-8-14/h1-2,4-5,9-10,14,18,27H,3,6-8,11-13H2. The normalized spacial score (nSPS) is 19.5. The lowest BCUT2D eigenvalue weighted by Gasteiger charge is -2.27. The van der Waals surface area contributed by atoms with E-state index >= 15 is 0 Å². The van der Waals surface area contributed by atoms with Crippen LogP contribution in [-0.4, -0.2) is 38.0 Å². The van der Waals surface area contributed by atoms with Crippen molar-refractivity contribution in [3.05, 3.63) is 58.3 Å². The minimum atomic E-state index is -0.102.